The van der Waals surface area contributed by atoms with Crippen LogP contribution in [0.4, 0.5) is 0 Å². The van der Waals surface area contributed by atoms with Gasteiger partial charge in [0, 0.05) is 22.7 Å². The summed E-state index contributed by atoms with van der Waals surface area (Å²) in [6.45, 7) is 0. The van der Waals surface area contributed by atoms with Crippen molar-refractivity contribution in [3.05, 3.63) is 36.0 Å². The molecule has 1 amide bonds. The van der Waals surface area contributed by atoms with Crippen molar-refractivity contribution in [2.24, 2.45) is 0 Å². The number of fused-ring (bicyclic) bond motifs is 1. The van der Waals surface area contributed by atoms with Gasteiger partial charge in [0.25, 0.3) is 5.91 Å². The van der Waals surface area contributed by atoms with Crippen molar-refractivity contribution in [2.45, 2.75) is 12.5 Å². The largest absolute Gasteiger partial charge is 0.481 e. The van der Waals surface area contributed by atoms with Gasteiger partial charge in [0.05, 0.1) is 6.42 Å². The molecule has 0 saturated heterocycles. The zero-order valence-electron chi connectivity index (χ0n) is 10.3. The van der Waals surface area contributed by atoms with Gasteiger partial charge < -0.3 is 20.5 Å². The third-order valence-corrected chi connectivity index (χ3v) is 2.80. The summed E-state index contributed by atoms with van der Waals surface area (Å²) in [7, 11) is 0. The Morgan fingerprint density at radius 1 is 1.20 bits per heavy atom. The van der Waals surface area contributed by atoms with Crippen molar-refractivity contribution < 1.29 is 24.6 Å². The highest BCUT2D eigenvalue weighted by molar-refractivity contribution is 6.00. The normalized spacial score (nSPS) is 12.0. The summed E-state index contributed by atoms with van der Waals surface area (Å²) < 4.78 is 0. The summed E-state index contributed by atoms with van der Waals surface area (Å²) in [6.07, 6.45) is 1.05. The number of carbonyl (C=O) groups is 3. The summed E-state index contributed by atoms with van der Waals surface area (Å²) >= 11 is 0. The summed E-state index contributed by atoms with van der Waals surface area (Å²) in [5, 5.41) is 20.5. The van der Waals surface area contributed by atoms with Crippen LogP contribution in [0.2, 0.25) is 0 Å². The lowest BCUT2D eigenvalue weighted by atomic mass is 10.1. The van der Waals surface area contributed by atoms with Gasteiger partial charge in [0.2, 0.25) is 0 Å². The second-order valence-corrected chi connectivity index (χ2v) is 4.24. The van der Waals surface area contributed by atoms with E-state index in [1.807, 2.05) is 0 Å². The number of aromatic nitrogens is 1. The zero-order chi connectivity index (χ0) is 14.7. The SMILES string of the molecule is O=C(O)C[C@H](NC(=O)c1ccc2[nH]ccc2c1)C(=O)O. The number of carboxylic acid groups (broad SMARTS) is 2. The van der Waals surface area contributed by atoms with E-state index in [0.29, 0.717) is 0 Å². The quantitative estimate of drug-likeness (QED) is 0.644. The number of H-pyrrole nitrogens is 1. The third-order valence-electron chi connectivity index (χ3n) is 2.80. The van der Waals surface area contributed by atoms with Gasteiger partial charge in [-0.05, 0) is 24.3 Å². The molecule has 0 spiro atoms. The number of hydrogen-bond acceptors (Lipinski definition) is 3. The first-order valence-corrected chi connectivity index (χ1v) is 5.80. The molecule has 7 nitrogen and oxygen atoms in total. The van der Waals surface area contributed by atoms with Crippen LogP contribution in [-0.4, -0.2) is 39.1 Å². The van der Waals surface area contributed by atoms with E-state index < -0.39 is 30.3 Å². The fourth-order valence-corrected chi connectivity index (χ4v) is 1.81. The molecule has 1 aromatic heterocycles. The Labute approximate surface area is 113 Å². The number of hydrogen-bond donors (Lipinski definition) is 4. The number of aromatic amines is 1. The summed E-state index contributed by atoms with van der Waals surface area (Å²) in [5.41, 5.74) is 1.12. The van der Waals surface area contributed by atoms with Gasteiger partial charge in [-0.3, -0.25) is 9.59 Å². The number of amides is 1. The minimum Gasteiger partial charge on any atom is -0.481 e. The van der Waals surface area contributed by atoms with Crippen molar-refractivity contribution >= 4 is 28.7 Å². The maximum Gasteiger partial charge on any atom is 0.326 e. The molecule has 20 heavy (non-hydrogen) atoms. The molecule has 0 unspecified atom stereocenters. The van der Waals surface area contributed by atoms with Crippen LogP contribution in [0.25, 0.3) is 10.9 Å². The minimum atomic E-state index is -1.46. The molecule has 2 aromatic rings. The first-order valence-electron chi connectivity index (χ1n) is 5.80. The van der Waals surface area contributed by atoms with Gasteiger partial charge in [0.1, 0.15) is 6.04 Å². The van der Waals surface area contributed by atoms with Crippen molar-refractivity contribution in [1.82, 2.24) is 10.3 Å². The Balaban J connectivity index is 2.17. The molecule has 1 aromatic carbocycles. The van der Waals surface area contributed by atoms with E-state index in [4.69, 9.17) is 10.2 Å². The Kier molecular flexibility index (Phi) is 3.69. The van der Waals surface area contributed by atoms with Crippen LogP contribution >= 0.6 is 0 Å². The standard InChI is InChI=1S/C13H12N2O5/c16-11(17)6-10(13(19)20)15-12(18)8-1-2-9-7(5-8)3-4-14-9/h1-5,10,14H,6H2,(H,15,18)(H,16,17)(H,19,20)/t10-/m0/s1. The molecule has 0 aliphatic rings. The van der Waals surface area contributed by atoms with Crippen LogP contribution in [0.15, 0.2) is 30.5 Å². The van der Waals surface area contributed by atoms with Gasteiger partial charge in [-0.15, -0.1) is 0 Å². The molecule has 2 rings (SSSR count). The molecule has 0 aliphatic heterocycles. The van der Waals surface area contributed by atoms with E-state index in [-0.39, 0.29) is 5.56 Å². The monoisotopic (exact) mass is 276 g/mol. The van der Waals surface area contributed by atoms with Crippen LogP contribution < -0.4 is 5.32 Å². The molecule has 0 radical (unpaired) electrons. The third kappa shape index (κ3) is 2.94. The second kappa shape index (κ2) is 5.43. The van der Waals surface area contributed by atoms with Gasteiger partial charge in [-0.25, -0.2) is 4.79 Å². The second-order valence-electron chi connectivity index (χ2n) is 4.24. The molecule has 1 atom stereocenters. The smallest absolute Gasteiger partial charge is 0.326 e. The fourth-order valence-electron chi connectivity index (χ4n) is 1.81. The lowest BCUT2D eigenvalue weighted by Gasteiger charge is -2.12. The maximum absolute atomic E-state index is 11.9. The molecule has 0 bridgehead atoms. The highest BCUT2D eigenvalue weighted by Crippen LogP contribution is 2.14. The number of carbonyl (C=O) groups excluding carboxylic acids is 1. The van der Waals surface area contributed by atoms with E-state index in [9.17, 15) is 14.4 Å². The van der Waals surface area contributed by atoms with Crippen LogP contribution in [0.5, 0.6) is 0 Å². The molecule has 0 aliphatic carbocycles. The number of carboxylic acids is 2. The maximum atomic E-state index is 11.9. The lowest BCUT2D eigenvalue weighted by molar-refractivity contribution is -0.145. The molecule has 1 heterocycles. The first kappa shape index (κ1) is 13.6. The Hall–Kier alpha value is -2.83. The van der Waals surface area contributed by atoms with Crippen molar-refractivity contribution in [1.29, 1.82) is 0 Å². The fraction of sp³-hybridized carbons (Fsp3) is 0.154. The molecule has 7 heteroatoms. The number of benzene rings is 1. The van der Waals surface area contributed by atoms with E-state index in [2.05, 4.69) is 10.3 Å². The van der Waals surface area contributed by atoms with E-state index in [0.717, 1.165) is 10.9 Å². The summed E-state index contributed by atoms with van der Waals surface area (Å²) in [4.78, 5) is 36.3. The van der Waals surface area contributed by atoms with Crippen LogP contribution in [0.3, 0.4) is 0 Å². The molecular weight excluding hydrogens is 264 g/mol. The highest BCUT2D eigenvalue weighted by atomic mass is 16.4. The topological polar surface area (TPSA) is 119 Å². The Morgan fingerprint density at radius 2 is 1.95 bits per heavy atom. The minimum absolute atomic E-state index is 0.272. The average Bonchev–Trinajstić information content (AvgIpc) is 2.84. The predicted molar refractivity (Wildman–Crippen MR) is 69.4 cm³/mol. The van der Waals surface area contributed by atoms with Crippen LogP contribution in [0.1, 0.15) is 16.8 Å². The van der Waals surface area contributed by atoms with Gasteiger partial charge >= 0.3 is 11.9 Å². The van der Waals surface area contributed by atoms with Crippen molar-refractivity contribution in [3.8, 4) is 0 Å². The molecule has 0 saturated carbocycles. The van der Waals surface area contributed by atoms with Gasteiger partial charge in [-0.1, -0.05) is 0 Å². The van der Waals surface area contributed by atoms with Crippen LogP contribution in [-0.2, 0) is 9.59 Å². The molecule has 104 valence electrons. The zero-order valence-corrected chi connectivity index (χ0v) is 10.3. The van der Waals surface area contributed by atoms with Gasteiger partial charge in [-0.2, -0.15) is 0 Å². The molecule has 4 N–H and O–H groups in total. The van der Waals surface area contributed by atoms with Gasteiger partial charge in [0.15, 0.2) is 0 Å². The number of nitrogens with one attached hydrogen (secondary N) is 2. The highest BCUT2D eigenvalue weighted by Gasteiger charge is 2.23. The lowest BCUT2D eigenvalue weighted by Crippen LogP contribution is -2.42. The molecular formula is C13H12N2O5. The number of aliphatic carboxylic acids is 2. The van der Waals surface area contributed by atoms with Crippen molar-refractivity contribution in [2.75, 3.05) is 0 Å². The van der Waals surface area contributed by atoms with E-state index in [1.165, 1.54) is 6.07 Å². The predicted octanol–water partition coefficient (Wildman–Crippen LogP) is 0.826. The first-order chi connectivity index (χ1) is 9.47. The Morgan fingerprint density at radius 3 is 2.60 bits per heavy atom. The van der Waals surface area contributed by atoms with Crippen LogP contribution in [0, 0.1) is 0 Å². The summed E-state index contributed by atoms with van der Waals surface area (Å²) in [5.74, 6) is -3.30. The summed E-state index contributed by atoms with van der Waals surface area (Å²) in [6, 6.07) is 5.14. The van der Waals surface area contributed by atoms with E-state index in [1.54, 1.807) is 24.4 Å². The Bertz CT molecular complexity index is 676. The average molecular weight is 276 g/mol. The van der Waals surface area contributed by atoms with Crippen molar-refractivity contribution in [3.63, 3.8) is 0 Å². The number of rotatable bonds is 5. The van der Waals surface area contributed by atoms with E-state index >= 15 is 0 Å². The molecule has 0 fully saturated rings.